The standard InChI is InChI=1S/C18H21FN2O4S/c1-13(12-25-2)21-26(23,24)17-8-6-16(7-9-17)20-18(22)11-14-4-3-5-15(19)10-14/h3-10,13,21H,11-12H2,1-2H3,(H,20,22). The second-order valence-electron chi connectivity index (χ2n) is 5.86. The average molecular weight is 380 g/mol. The smallest absolute Gasteiger partial charge is 0.240 e. The summed E-state index contributed by atoms with van der Waals surface area (Å²) >= 11 is 0. The summed E-state index contributed by atoms with van der Waals surface area (Å²) in [5, 5.41) is 2.65. The van der Waals surface area contributed by atoms with Crippen LogP contribution in [0, 0.1) is 5.82 Å². The van der Waals surface area contributed by atoms with Gasteiger partial charge in [0, 0.05) is 18.8 Å². The number of benzene rings is 2. The van der Waals surface area contributed by atoms with E-state index in [0.717, 1.165) is 0 Å². The van der Waals surface area contributed by atoms with Crippen molar-refractivity contribution >= 4 is 21.6 Å². The van der Waals surface area contributed by atoms with Gasteiger partial charge in [0.05, 0.1) is 17.9 Å². The fraction of sp³-hybridized carbons (Fsp3) is 0.278. The molecule has 2 aromatic rings. The van der Waals surface area contributed by atoms with Crippen molar-refractivity contribution in [2.75, 3.05) is 19.0 Å². The summed E-state index contributed by atoms with van der Waals surface area (Å²) in [4.78, 5) is 12.1. The minimum Gasteiger partial charge on any atom is -0.383 e. The Labute approximate surface area is 152 Å². The van der Waals surface area contributed by atoms with Crippen LogP contribution >= 0.6 is 0 Å². The van der Waals surface area contributed by atoms with Crippen LogP contribution in [0.15, 0.2) is 53.4 Å². The van der Waals surface area contributed by atoms with Crippen LogP contribution in [0.3, 0.4) is 0 Å². The molecule has 26 heavy (non-hydrogen) atoms. The number of hydrogen-bond donors (Lipinski definition) is 2. The molecule has 2 aromatic carbocycles. The number of anilines is 1. The van der Waals surface area contributed by atoms with Crippen molar-refractivity contribution in [3.8, 4) is 0 Å². The van der Waals surface area contributed by atoms with Gasteiger partial charge in [-0.25, -0.2) is 17.5 Å². The summed E-state index contributed by atoms with van der Waals surface area (Å²) in [6, 6.07) is 11.2. The van der Waals surface area contributed by atoms with E-state index in [1.54, 1.807) is 13.0 Å². The molecule has 0 spiro atoms. The molecule has 1 amide bonds. The van der Waals surface area contributed by atoms with Crippen LogP contribution < -0.4 is 10.0 Å². The molecule has 8 heteroatoms. The van der Waals surface area contributed by atoms with E-state index in [9.17, 15) is 17.6 Å². The number of amides is 1. The molecule has 0 aliphatic carbocycles. The number of carbonyl (C=O) groups excluding carboxylic acids is 1. The zero-order chi connectivity index (χ0) is 19.2. The summed E-state index contributed by atoms with van der Waals surface area (Å²) in [5.41, 5.74) is 1.01. The molecule has 0 fully saturated rings. The molecule has 1 atom stereocenters. The second-order valence-corrected chi connectivity index (χ2v) is 7.57. The van der Waals surface area contributed by atoms with Gasteiger partial charge in [-0.15, -0.1) is 0 Å². The van der Waals surface area contributed by atoms with E-state index in [1.165, 1.54) is 49.6 Å². The molecule has 0 aliphatic rings. The predicted molar refractivity (Wildman–Crippen MR) is 96.8 cm³/mol. The van der Waals surface area contributed by atoms with Gasteiger partial charge in [0.1, 0.15) is 5.82 Å². The zero-order valence-electron chi connectivity index (χ0n) is 14.5. The van der Waals surface area contributed by atoms with Crippen LogP contribution in [0.4, 0.5) is 10.1 Å². The van der Waals surface area contributed by atoms with E-state index >= 15 is 0 Å². The second kappa shape index (κ2) is 8.88. The molecule has 6 nitrogen and oxygen atoms in total. The Balaban J connectivity index is 1.99. The molecule has 2 rings (SSSR count). The van der Waals surface area contributed by atoms with Crippen LogP contribution in [-0.2, 0) is 26.0 Å². The molecule has 0 aromatic heterocycles. The molecular weight excluding hydrogens is 359 g/mol. The number of hydrogen-bond acceptors (Lipinski definition) is 4. The number of sulfonamides is 1. The first-order valence-electron chi connectivity index (χ1n) is 7.96. The van der Waals surface area contributed by atoms with Crippen molar-refractivity contribution in [2.45, 2.75) is 24.3 Å². The topological polar surface area (TPSA) is 84.5 Å². The molecule has 0 aliphatic heterocycles. The minimum absolute atomic E-state index is 0.0217. The van der Waals surface area contributed by atoms with E-state index < -0.39 is 15.8 Å². The Morgan fingerprint density at radius 3 is 2.50 bits per heavy atom. The molecule has 0 saturated heterocycles. The van der Waals surface area contributed by atoms with Crippen LogP contribution in [0.25, 0.3) is 0 Å². The third kappa shape index (κ3) is 5.91. The highest BCUT2D eigenvalue weighted by atomic mass is 32.2. The van der Waals surface area contributed by atoms with Gasteiger partial charge in [0.15, 0.2) is 0 Å². The van der Waals surface area contributed by atoms with Crippen LogP contribution in [0.1, 0.15) is 12.5 Å². The van der Waals surface area contributed by atoms with Crippen LogP contribution in [0.5, 0.6) is 0 Å². The van der Waals surface area contributed by atoms with Crippen molar-refractivity contribution in [2.24, 2.45) is 0 Å². The molecule has 0 bridgehead atoms. The highest BCUT2D eigenvalue weighted by Gasteiger charge is 2.17. The lowest BCUT2D eigenvalue weighted by atomic mass is 10.1. The first kappa shape index (κ1) is 20.0. The van der Waals surface area contributed by atoms with Crippen molar-refractivity contribution in [3.05, 3.63) is 59.9 Å². The Bertz CT molecular complexity index is 854. The van der Waals surface area contributed by atoms with E-state index in [0.29, 0.717) is 11.3 Å². The summed E-state index contributed by atoms with van der Waals surface area (Å²) in [7, 11) is -2.17. The van der Waals surface area contributed by atoms with Gasteiger partial charge in [-0.3, -0.25) is 4.79 Å². The summed E-state index contributed by atoms with van der Waals surface area (Å²) in [6.45, 7) is 1.95. The molecule has 140 valence electrons. The van der Waals surface area contributed by atoms with E-state index in [1.807, 2.05) is 0 Å². The first-order valence-corrected chi connectivity index (χ1v) is 9.44. The van der Waals surface area contributed by atoms with Crippen LogP contribution in [0.2, 0.25) is 0 Å². The summed E-state index contributed by atoms with van der Waals surface area (Å²) < 4.78 is 45.0. The van der Waals surface area contributed by atoms with Gasteiger partial charge in [0.2, 0.25) is 15.9 Å². The average Bonchev–Trinajstić information content (AvgIpc) is 2.55. The molecule has 0 heterocycles. The maximum atomic E-state index is 13.1. The van der Waals surface area contributed by atoms with Crippen molar-refractivity contribution in [1.29, 1.82) is 0 Å². The molecular formula is C18H21FN2O4S. The van der Waals surface area contributed by atoms with Crippen molar-refractivity contribution in [1.82, 2.24) is 4.72 Å². The Hall–Kier alpha value is -2.29. The van der Waals surface area contributed by atoms with Crippen molar-refractivity contribution in [3.63, 3.8) is 0 Å². The Morgan fingerprint density at radius 1 is 1.19 bits per heavy atom. The van der Waals surface area contributed by atoms with Gasteiger partial charge >= 0.3 is 0 Å². The maximum absolute atomic E-state index is 13.1. The van der Waals surface area contributed by atoms with Gasteiger partial charge in [0.25, 0.3) is 0 Å². The highest BCUT2D eigenvalue weighted by molar-refractivity contribution is 7.89. The minimum atomic E-state index is -3.66. The number of carbonyl (C=O) groups is 1. The molecule has 1 unspecified atom stereocenters. The van der Waals surface area contributed by atoms with E-state index in [2.05, 4.69) is 10.0 Å². The quantitative estimate of drug-likeness (QED) is 0.736. The monoisotopic (exact) mass is 380 g/mol. The first-order chi connectivity index (χ1) is 12.3. The predicted octanol–water partition coefficient (Wildman–Crippen LogP) is 2.32. The van der Waals surface area contributed by atoms with Crippen molar-refractivity contribution < 1.29 is 22.3 Å². The van der Waals surface area contributed by atoms with Gasteiger partial charge in [-0.2, -0.15) is 0 Å². The van der Waals surface area contributed by atoms with E-state index in [-0.39, 0.29) is 29.9 Å². The largest absolute Gasteiger partial charge is 0.383 e. The number of halogens is 1. The zero-order valence-corrected chi connectivity index (χ0v) is 15.3. The third-order valence-corrected chi connectivity index (χ3v) is 5.08. The van der Waals surface area contributed by atoms with Gasteiger partial charge in [-0.1, -0.05) is 12.1 Å². The molecule has 0 saturated carbocycles. The highest BCUT2D eigenvalue weighted by Crippen LogP contribution is 2.15. The lowest BCUT2D eigenvalue weighted by Gasteiger charge is -2.13. The number of ether oxygens (including phenoxy) is 1. The maximum Gasteiger partial charge on any atom is 0.240 e. The molecule has 0 radical (unpaired) electrons. The normalized spacial score (nSPS) is 12.6. The number of nitrogens with one attached hydrogen (secondary N) is 2. The Kier molecular flexibility index (Phi) is 6.84. The summed E-state index contributed by atoms with van der Waals surface area (Å²) in [6.07, 6.45) is 0.0217. The molecule has 2 N–H and O–H groups in total. The number of methoxy groups -OCH3 is 1. The summed E-state index contributed by atoms with van der Waals surface area (Å²) in [5.74, 6) is -0.724. The lowest BCUT2D eigenvalue weighted by Crippen LogP contribution is -2.35. The Morgan fingerprint density at radius 2 is 1.88 bits per heavy atom. The SMILES string of the molecule is COCC(C)NS(=O)(=O)c1ccc(NC(=O)Cc2cccc(F)c2)cc1. The number of rotatable bonds is 8. The fourth-order valence-electron chi connectivity index (χ4n) is 2.37. The van der Waals surface area contributed by atoms with E-state index in [4.69, 9.17) is 4.74 Å². The van der Waals surface area contributed by atoms with Gasteiger partial charge < -0.3 is 10.1 Å². The van der Waals surface area contributed by atoms with Crippen LogP contribution in [-0.4, -0.2) is 34.1 Å². The van der Waals surface area contributed by atoms with Gasteiger partial charge in [-0.05, 0) is 48.9 Å². The third-order valence-electron chi connectivity index (χ3n) is 3.48. The lowest BCUT2D eigenvalue weighted by molar-refractivity contribution is -0.115. The fourth-order valence-corrected chi connectivity index (χ4v) is 3.60.